The zero-order valence-corrected chi connectivity index (χ0v) is 11.8. The summed E-state index contributed by atoms with van der Waals surface area (Å²) < 4.78 is 5.66. The molecule has 1 aromatic rings. The van der Waals surface area contributed by atoms with Gasteiger partial charge in [-0.05, 0) is 63.0 Å². The molecule has 1 aliphatic carbocycles. The Bertz CT molecular complexity index is 449. The Morgan fingerprint density at radius 2 is 2.32 bits per heavy atom. The number of rotatable bonds is 4. The molecule has 2 unspecified atom stereocenters. The molecule has 0 spiro atoms. The topological polar surface area (TPSA) is 29.5 Å². The van der Waals surface area contributed by atoms with Crippen molar-refractivity contribution in [2.45, 2.75) is 63.6 Å². The molecular formula is C17H24O2. The molecule has 3 rings (SSSR count). The SMILES string of the molecule is Cc1ccc2c(c1)C(O)(CCCC1CCCO1)CC2. The van der Waals surface area contributed by atoms with E-state index in [4.69, 9.17) is 4.74 Å². The molecule has 1 saturated heterocycles. The van der Waals surface area contributed by atoms with Crippen molar-refractivity contribution < 1.29 is 9.84 Å². The number of ether oxygens (including phenoxy) is 1. The lowest BCUT2D eigenvalue weighted by Crippen LogP contribution is -2.22. The number of benzene rings is 1. The summed E-state index contributed by atoms with van der Waals surface area (Å²) in [4.78, 5) is 0. The number of hydrogen-bond acceptors (Lipinski definition) is 2. The van der Waals surface area contributed by atoms with Crippen molar-refractivity contribution in [1.82, 2.24) is 0 Å². The van der Waals surface area contributed by atoms with E-state index in [1.165, 1.54) is 29.5 Å². The Balaban J connectivity index is 1.63. The van der Waals surface area contributed by atoms with Crippen LogP contribution >= 0.6 is 0 Å². The lowest BCUT2D eigenvalue weighted by molar-refractivity contribution is 0.0210. The summed E-state index contributed by atoms with van der Waals surface area (Å²) in [5.41, 5.74) is 3.18. The van der Waals surface area contributed by atoms with Crippen LogP contribution in [0.25, 0.3) is 0 Å². The van der Waals surface area contributed by atoms with Gasteiger partial charge in [-0.25, -0.2) is 0 Å². The van der Waals surface area contributed by atoms with E-state index in [9.17, 15) is 5.11 Å². The van der Waals surface area contributed by atoms with Crippen LogP contribution in [-0.4, -0.2) is 17.8 Å². The lowest BCUT2D eigenvalue weighted by Gasteiger charge is -2.25. The Morgan fingerprint density at radius 1 is 1.42 bits per heavy atom. The molecule has 2 aliphatic rings. The summed E-state index contributed by atoms with van der Waals surface area (Å²) in [6.07, 6.45) is 7.80. The summed E-state index contributed by atoms with van der Waals surface area (Å²) in [6, 6.07) is 6.51. The van der Waals surface area contributed by atoms with Gasteiger partial charge >= 0.3 is 0 Å². The molecular weight excluding hydrogens is 236 g/mol. The predicted octanol–water partition coefficient (Wildman–Crippen LogP) is 3.48. The van der Waals surface area contributed by atoms with Gasteiger partial charge in [-0.15, -0.1) is 0 Å². The average Bonchev–Trinajstić information content (AvgIpc) is 3.00. The van der Waals surface area contributed by atoms with Crippen LogP contribution in [0.3, 0.4) is 0 Å². The standard InChI is InChI=1S/C17H24O2/c1-13-6-7-14-8-10-17(18,16(14)12-13)9-2-4-15-5-3-11-19-15/h6-7,12,15,18H,2-5,8-11H2,1H3. The molecule has 2 atom stereocenters. The van der Waals surface area contributed by atoms with E-state index in [-0.39, 0.29) is 0 Å². The smallest absolute Gasteiger partial charge is 0.0902 e. The van der Waals surface area contributed by atoms with Gasteiger partial charge in [0.2, 0.25) is 0 Å². The number of aryl methyl sites for hydroxylation is 2. The lowest BCUT2D eigenvalue weighted by atomic mass is 9.89. The maximum absolute atomic E-state index is 10.9. The van der Waals surface area contributed by atoms with Crippen molar-refractivity contribution in [3.63, 3.8) is 0 Å². The molecule has 104 valence electrons. The number of fused-ring (bicyclic) bond motifs is 1. The Hall–Kier alpha value is -0.860. The molecule has 1 aliphatic heterocycles. The zero-order chi connectivity index (χ0) is 13.3. The fraction of sp³-hybridized carbons (Fsp3) is 0.647. The highest BCUT2D eigenvalue weighted by molar-refractivity contribution is 5.39. The van der Waals surface area contributed by atoms with Crippen LogP contribution < -0.4 is 0 Å². The van der Waals surface area contributed by atoms with E-state index in [1.54, 1.807) is 0 Å². The minimum absolute atomic E-state index is 0.446. The summed E-state index contributed by atoms with van der Waals surface area (Å²) in [5.74, 6) is 0. The van der Waals surface area contributed by atoms with Gasteiger partial charge in [0.15, 0.2) is 0 Å². The van der Waals surface area contributed by atoms with Crippen molar-refractivity contribution in [2.24, 2.45) is 0 Å². The van der Waals surface area contributed by atoms with E-state index in [1.807, 2.05) is 0 Å². The zero-order valence-electron chi connectivity index (χ0n) is 11.8. The third kappa shape index (κ3) is 2.70. The molecule has 1 aromatic carbocycles. The maximum atomic E-state index is 10.9. The highest BCUT2D eigenvalue weighted by Gasteiger charge is 2.36. The van der Waals surface area contributed by atoms with E-state index in [0.29, 0.717) is 6.10 Å². The summed E-state index contributed by atoms with van der Waals surface area (Å²) >= 11 is 0. The van der Waals surface area contributed by atoms with Gasteiger partial charge in [-0.3, -0.25) is 0 Å². The van der Waals surface area contributed by atoms with E-state index >= 15 is 0 Å². The molecule has 1 fully saturated rings. The van der Waals surface area contributed by atoms with Gasteiger partial charge in [0.25, 0.3) is 0 Å². The molecule has 0 bridgehead atoms. The van der Waals surface area contributed by atoms with Crippen LogP contribution in [-0.2, 0) is 16.8 Å². The maximum Gasteiger partial charge on any atom is 0.0902 e. The molecule has 0 amide bonds. The van der Waals surface area contributed by atoms with Crippen molar-refractivity contribution in [2.75, 3.05) is 6.61 Å². The van der Waals surface area contributed by atoms with Crippen molar-refractivity contribution in [1.29, 1.82) is 0 Å². The molecule has 0 radical (unpaired) electrons. The Morgan fingerprint density at radius 3 is 3.11 bits per heavy atom. The Kier molecular flexibility index (Phi) is 3.64. The first kappa shape index (κ1) is 13.1. The van der Waals surface area contributed by atoms with E-state index < -0.39 is 5.60 Å². The first-order chi connectivity index (χ1) is 9.17. The fourth-order valence-electron chi connectivity index (χ4n) is 3.57. The molecule has 2 nitrogen and oxygen atoms in total. The largest absolute Gasteiger partial charge is 0.385 e. The van der Waals surface area contributed by atoms with Crippen LogP contribution in [0.1, 0.15) is 55.2 Å². The highest BCUT2D eigenvalue weighted by Crippen LogP contribution is 2.41. The van der Waals surface area contributed by atoms with Crippen molar-refractivity contribution in [3.8, 4) is 0 Å². The van der Waals surface area contributed by atoms with Crippen LogP contribution in [0.5, 0.6) is 0 Å². The highest BCUT2D eigenvalue weighted by atomic mass is 16.5. The molecule has 1 heterocycles. The van der Waals surface area contributed by atoms with E-state index in [0.717, 1.165) is 38.7 Å². The molecule has 0 aromatic heterocycles. The quantitative estimate of drug-likeness (QED) is 0.898. The van der Waals surface area contributed by atoms with Crippen LogP contribution in [0, 0.1) is 6.92 Å². The number of aliphatic hydroxyl groups is 1. The second-order valence-electron chi connectivity index (χ2n) is 6.22. The average molecular weight is 260 g/mol. The van der Waals surface area contributed by atoms with Gasteiger partial charge in [0.1, 0.15) is 0 Å². The fourth-order valence-corrected chi connectivity index (χ4v) is 3.57. The van der Waals surface area contributed by atoms with Gasteiger partial charge < -0.3 is 9.84 Å². The summed E-state index contributed by atoms with van der Waals surface area (Å²) in [7, 11) is 0. The van der Waals surface area contributed by atoms with Crippen LogP contribution in [0.15, 0.2) is 18.2 Å². The first-order valence-corrected chi connectivity index (χ1v) is 7.61. The third-order valence-electron chi connectivity index (χ3n) is 4.72. The minimum Gasteiger partial charge on any atom is -0.385 e. The Labute approximate surface area is 115 Å². The first-order valence-electron chi connectivity index (χ1n) is 7.61. The second-order valence-corrected chi connectivity index (χ2v) is 6.22. The number of hydrogen-bond donors (Lipinski definition) is 1. The minimum atomic E-state index is -0.583. The van der Waals surface area contributed by atoms with Gasteiger partial charge in [0.05, 0.1) is 11.7 Å². The molecule has 2 heteroatoms. The predicted molar refractivity (Wildman–Crippen MR) is 76.2 cm³/mol. The van der Waals surface area contributed by atoms with Gasteiger partial charge in [0, 0.05) is 6.61 Å². The molecule has 0 saturated carbocycles. The summed E-state index contributed by atoms with van der Waals surface area (Å²) in [5, 5.41) is 10.9. The molecule has 19 heavy (non-hydrogen) atoms. The third-order valence-corrected chi connectivity index (χ3v) is 4.72. The summed E-state index contributed by atoms with van der Waals surface area (Å²) in [6.45, 7) is 3.03. The molecule has 1 N–H and O–H groups in total. The normalized spacial score (nSPS) is 29.7. The van der Waals surface area contributed by atoms with Crippen LogP contribution in [0.2, 0.25) is 0 Å². The van der Waals surface area contributed by atoms with Crippen molar-refractivity contribution >= 4 is 0 Å². The van der Waals surface area contributed by atoms with Gasteiger partial charge in [-0.2, -0.15) is 0 Å². The van der Waals surface area contributed by atoms with Crippen LogP contribution in [0.4, 0.5) is 0 Å². The van der Waals surface area contributed by atoms with Gasteiger partial charge in [-0.1, -0.05) is 23.8 Å². The second kappa shape index (κ2) is 5.26. The van der Waals surface area contributed by atoms with E-state index in [2.05, 4.69) is 25.1 Å². The monoisotopic (exact) mass is 260 g/mol. The van der Waals surface area contributed by atoms with Crippen molar-refractivity contribution in [3.05, 3.63) is 34.9 Å².